The van der Waals surface area contributed by atoms with Crippen LogP contribution in [0.1, 0.15) is 16.9 Å². The van der Waals surface area contributed by atoms with E-state index < -0.39 is 0 Å². The van der Waals surface area contributed by atoms with Gasteiger partial charge in [-0.05, 0) is 29.3 Å². The number of aromatic nitrogens is 2. The van der Waals surface area contributed by atoms with Crippen molar-refractivity contribution in [3.05, 3.63) is 90.7 Å². The topological polar surface area (TPSA) is 67.4 Å². The summed E-state index contributed by atoms with van der Waals surface area (Å²) in [4.78, 5) is 4.73. The molecule has 3 aromatic rings. The van der Waals surface area contributed by atoms with Gasteiger partial charge in [-0.1, -0.05) is 30.3 Å². The van der Waals surface area contributed by atoms with Crippen molar-refractivity contribution in [2.24, 2.45) is 4.99 Å². The van der Waals surface area contributed by atoms with E-state index in [1.54, 1.807) is 12.5 Å². The highest BCUT2D eigenvalue weighted by Crippen LogP contribution is 2.11. The summed E-state index contributed by atoms with van der Waals surface area (Å²) in [6, 6.07) is 14.1. The van der Waals surface area contributed by atoms with Crippen LogP contribution >= 0.6 is 0 Å². The van der Waals surface area contributed by atoms with Crippen LogP contribution in [0.5, 0.6) is 0 Å². The second-order valence-corrected chi connectivity index (χ2v) is 6.06. The minimum absolute atomic E-state index is 0.588. The highest BCUT2D eigenvalue weighted by molar-refractivity contribution is 5.79. The molecule has 2 N–H and O–H groups in total. The van der Waals surface area contributed by atoms with Gasteiger partial charge in [0.15, 0.2) is 5.96 Å². The third kappa shape index (κ3) is 5.88. The van der Waals surface area contributed by atoms with Gasteiger partial charge in [-0.25, -0.2) is 4.99 Å². The summed E-state index contributed by atoms with van der Waals surface area (Å²) < 4.78 is 7.28. The number of aliphatic imine (C=N–C) groups is 1. The zero-order chi connectivity index (χ0) is 18.7. The average Bonchev–Trinajstić information content (AvgIpc) is 3.39. The average molecular weight is 363 g/mol. The SMILES string of the molecule is C=CCNC(=NCc1ccccc1Cn1cccn1)NCCc1ccco1. The van der Waals surface area contributed by atoms with Gasteiger partial charge in [0, 0.05) is 31.9 Å². The predicted molar refractivity (Wildman–Crippen MR) is 108 cm³/mol. The number of furan rings is 1. The van der Waals surface area contributed by atoms with Gasteiger partial charge in [0.2, 0.25) is 0 Å². The minimum atomic E-state index is 0.588. The lowest BCUT2D eigenvalue weighted by molar-refractivity contribution is 0.507. The number of nitrogens with one attached hydrogen (secondary N) is 2. The van der Waals surface area contributed by atoms with Crippen LogP contribution in [0.4, 0.5) is 0 Å². The number of benzene rings is 1. The van der Waals surface area contributed by atoms with E-state index in [9.17, 15) is 0 Å². The molecule has 0 saturated carbocycles. The Bertz CT molecular complexity index is 837. The molecular formula is C21H25N5O. The molecule has 140 valence electrons. The highest BCUT2D eigenvalue weighted by Gasteiger charge is 2.04. The number of hydrogen-bond acceptors (Lipinski definition) is 3. The maximum Gasteiger partial charge on any atom is 0.191 e. The molecule has 27 heavy (non-hydrogen) atoms. The Labute approximate surface area is 159 Å². The van der Waals surface area contributed by atoms with E-state index in [1.807, 2.05) is 47.3 Å². The van der Waals surface area contributed by atoms with Crippen molar-refractivity contribution in [1.82, 2.24) is 20.4 Å². The Balaban J connectivity index is 1.63. The Kier molecular flexibility index (Phi) is 6.86. The van der Waals surface area contributed by atoms with E-state index >= 15 is 0 Å². The quantitative estimate of drug-likeness (QED) is 0.348. The van der Waals surface area contributed by atoms with Gasteiger partial charge in [-0.15, -0.1) is 6.58 Å². The van der Waals surface area contributed by atoms with Crippen molar-refractivity contribution in [1.29, 1.82) is 0 Å². The van der Waals surface area contributed by atoms with Crippen LogP contribution in [0, 0.1) is 0 Å². The summed E-state index contributed by atoms with van der Waals surface area (Å²) in [5, 5.41) is 10.9. The van der Waals surface area contributed by atoms with Gasteiger partial charge in [0.25, 0.3) is 0 Å². The zero-order valence-electron chi connectivity index (χ0n) is 15.3. The van der Waals surface area contributed by atoms with Gasteiger partial charge in [-0.3, -0.25) is 4.68 Å². The van der Waals surface area contributed by atoms with Crippen molar-refractivity contribution in [2.75, 3.05) is 13.1 Å². The molecule has 0 aliphatic rings. The lowest BCUT2D eigenvalue weighted by Gasteiger charge is -2.12. The molecule has 0 bridgehead atoms. The third-order valence-corrected chi connectivity index (χ3v) is 4.08. The third-order valence-electron chi connectivity index (χ3n) is 4.08. The monoisotopic (exact) mass is 363 g/mol. The number of nitrogens with zero attached hydrogens (tertiary/aromatic N) is 3. The Hall–Kier alpha value is -3.28. The van der Waals surface area contributed by atoms with E-state index in [1.165, 1.54) is 11.1 Å². The Morgan fingerprint density at radius 2 is 2.04 bits per heavy atom. The lowest BCUT2D eigenvalue weighted by Crippen LogP contribution is -2.38. The molecule has 6 nitrogen and oxygen atoms in total. The maximum absolute atomic E-state index is 5.37. The first-order chi connectivity index (χ1) is 13.3. The summed E-state index contributed by atoms with van der Waals surface area (Å²) in [5.74, 6) is 1.71. The van der Waals surface area contributed by atoms with Crippen LogP contribution in [-0.2, 0) is 19.5 Å². The summed E-state index contributed by atoms with van der Waals surface area (Å²) in [6.45, 7) is 6.48. The van der Waals surface area contributed by atoms with E-state index in [4.69, 9.17) is 9.41 Å². The normalized spacial score (nSPS) is 11.3. The zero-order valence-corrected chi connectivity index (χ0v) is 15.3. The fourth-order valence-corrected chi connectivity index (χ4v) is 2.70. The molecule has 2 heterocycles. The standard InChI is InChI=1S/C21H25N5O/c1-2-11-22-21(23-13-10-20-9-5-15-27-20)24-16-18-7-3-4-8-19(18)17-26-14-6-12-25-26/h2-9,12,14-15H,1,10-11,13,16-17H2,(H2,22,23,24). The summed E-state index contributed by atoms with van der Waals surface area (Å²) in [6.07, 6.45) is 8.07. The predicted octanol–water partition coefficient (Wildman–Crippen LogP) is 2.99. The van der Waals surface area contributed by atoms with Crippen LogP contribution in [0.2, 0.25) is 0 Å². The molecule has 0 aliphatic heterocycles. The second-order valence-electron chi connectivity index (χ2n) is 6.06. The maximum atomic E-state index is 5.37. The van der Waals surface area contributed by atoms with Crippen molar-refractivity contribution in [3.63, 3.8) is 0 Å². The molecule has 0 atom stereocenters. The molecule has 0 unspecified atom stereocenters. The molecule has 6 heteroatoms. The van der Waals surface area contributed by atoms with Crippen molar-refractivity contribution < 1.29 is 4.42 Å². The molecule has 0 spiro atoms. The first-order valence-corrected chi connectivity index (χ1v) is 9.05. The van der Waals surface area contributed by atoms with E-state index in [0.29, 0.717) is 13.1 Å². The highest BCUT2D eigenvalue weighted by atomic mass is 16.3. The first-order valence-electron chi connectivity index (χ1n) is 9.05. The minimum Gasteiger partial charge on any atom is -0.469 e. The van der Waals surface area contributed by atoms with Crippen LogP contribution in [-0.4, -0.2) is 28.8 Å². The smallest absolute Gasteiger partial charge is 0.191 e. The Morgan fingerprint density at radius 3 is 2.78 bits per heavy atom. The van der Waals surface area contributed by atoms with Gasteiger partial charge in [0.1, 0.15) is 5.76 Å². The molecule has 3 rings (SSSR count). The molecule has 0 saturated heterocycles. The van der Waals surface area contributed by atoms with Crippen molar-refractivity contribution >= 4 is 5.96 Å². The molecule has 0 aliphatic carbocycles. The molecule has 1 aromatic carbocycles. The summed E-state index contributed by atoms with van der Waals surface area (Å²) >= 11 is 0. The Morgan fingerprint density at radius 1 is 1.15 bits per heavy atom. The van der Waals surface area contributed by atoms with Crippen LogP contribution in [0.25, 0.3) is 0 Å². The molecular weight excluding hydrogens is 338 g/mol. The molecule has 0 amide bonds. The molecule has 2 aromatic heterocycles. The molecule has 0 radical (unpaired) electrons. The summed E-state index contributed by atoms with van der Waals surface area (Å²) in [5.41, 5.74) is 2.39. The van der Waals surface area contributed by atoms with Crippen LogP contribution in [0.3, 0.4) is 0 Å². The van der Waals surface area contributed by atoms with Crippen molar-refractivity contribution in [3.8, 4) is 0 Å². The molecule has 0 fully saturated rings. The number of hydrogen-bond donors (Lipinski definition) is 2. The van der Waals surface area contributed by atoms with Gasteiger partial charge in [0.05, 0.1) is 19.4 Å². The van der Waals surface area contributed by atoms with Gasteiger partial charge >= 0.3 is 0 Å². The number of guanidine groups is 1. The van der Waals surface area contributed by atoms with E-state index in [0.717, 1.165) is 31.2 Å². The summed E-state index contributed by atoms with van der Waals surface area (Å²) in [7, 11) is 0. The lowest BCUT2D eigenvalue weighted by atomic mass is 10.1. The number of rotatable bonds is 9. The van der Waals surface area contributed by atoms with Gasteiger partial charge in [-0.2, -0.15) is 5.10 Å². The second kappa shape index (κ2) is 10.0. The van der Waals surface area contributed by atoms with Gasteiger partial charge < -0.3 is 15.1 Å². The van der Waals surface area contributed by atoms with Crippen LogP contribution in [0.15, 0.2) is 83.2 Å². The van der Waals surface area contributed by atoms with E-state index in [2.05, 4.69) is 34.4 Å². The fourth-order valence-electron chi connectivity index (χ4n) is 2.70. The fraction of sp³-hybridized carbons (Fsp3) is 0.238. The first kappa shape index (κ1) is 18.5. The van der Waals surface area contributed by atoms with Crippen molar-refractivity contribution in [2.45, 2.75) is 19.5 Å². The van der Waals surface area contributed by atoms with E-state index in [-0.39, 0.29) is 0 Å². The van der Waals surface area contributed by atoms with Crippen LogP contribution < -0.4 is 10.6 Å². The largest absolute Gasteiger partial charge is 0.469 e.